The first-order valence-corrected chi connectivity index (χ1v) is 7.47. The number of alkyl halides is 2. The molecule has 0 aliphatic carbocycles. The number of ether oxygens (including phenoxy) is 1. The first-order valence-electron chi connectivity index (χ1n) is 7.10. The van der Waals surface area contributed by atoms with Gasteiger partial charge in [-0.2, -0.15) is 8.78 Å². The second-order valence-electron chi connectivity index (χ2n) is 5.35. The Morgan fingerprint density at radius 3 is 2.83 bits per heavy atom. The summed E-state index contributed by atoms with van der Waals surface area (Å²) in [7, 11) is 0. The molecule has 8 heteroatoms. The molecule has 0 saturated carbocycles. The van der Waals surface area contributed by atoms with Crippen LogP contribution in [0.2, 0.25) is 5.02 Å². The largest absolute Gasteiger partial charge is 0.483 e. The lowest BCUT2D eigenvalue weighted by molar-refractivity contribution is -0.193. The summed E-state index contributed by atoms with van der Waals surface area (Å²) in [4.78, 5) is 17.0. The van der Waals surface area contributed by atoms with Crippen molar-refractivity contribution in [2.24, 2.45) is 0 Å². The highest BCUT2D eigenvalue weighted by Gasteiger charge is 2.51. The maximum Gasteiger partial charge on any atom is 0.483 e. The average molecular weight is 355 g/mol. The maximum absolute atomic E-state index is 14.0. The lowest BCUT2D eigenvalue weighted by Gasteiger charge is -2.34. The standard InChI is InChI=1S/C16H13ClF2N2O3/c1-9(22)12-3-2-4-13-14(12)24-16(18,19)15(23)21(13)8-11-7-10(17)5-6-20-11/h2-7,9,22H,8H2,1H3. The number of hydrogen-bond acceptors (Lipinski definition) is 4. The highest BCUT2D eigenvalue weighted by molar-refractivity contribution is 6.30. The molecule has 5 nitrogen and oxygen atoms in total. The van der Waals surface area contributed by atoms with E-state index < -0.39 is 18.1 Å². The summed E-state index contributed by atoms with van der Waals surface area (Å²) < 4.78 is 32.6. The minimum atomic E-state index is -4.03. The molecule has 0 fully saturated rings. The van der Waals surface area contributed by atoms with Crippen molar-refractivity contribution < 1.29 is 23.4 Å². The molecule has 1 unspecified atom stereocenters. The van der Waals surface area contributed by atoms with Gasteiger partial charge in [0.25, 0.3) is 0 Å². The van der Waals surface area contributed by atoms with Gasteiger partial charge in [-0.1, -0.05) is 23.7 Å². The Kier molecular flexibility index (Phi) is 4.15. The van der Waals surface area contributed by atoms with Gasteiger partial charge in [0.2, 0.25) is 0 Å². The number of aromatic nitrogens is 1. The highest BCUT2D eigenvalue weighted by atomic mass is 35.5. The number of anilines is 1. The maximum atomic E-state index is 14.0. The Bertz CT molecular complexity index is 799. The van der Waals surface area contributed by atoms with Crippen LogP contribution < -0.4 is 9.64 Å². The van der Waals surface area contributed by atoms with Gasteiger partial charge in [0.15, 0.2) is 5.75 Å². The van der Waals surface area contributed by atoms with Gasteiger partial charge in [-0.3, -0.25) is 14.7 Å². The van der Waals surface area contributed by atoms with Crippen LogP contribution in [0.25, 0.3) is 0 Å². The molecule has 0 spiro atoms. The van der Waals surface area contributed by atoms with Crippen LogP contribution in [0.5, 0.6) is 5.75 Å². The number of carbonyl (C=O) groups is 1. The molecule has 1 aliphatic rings. The van der Waals surface area contributed by atoms with Crippen molar-refractivity contribution in [1.29, 1.82) is 0 Å². The monoisotopic (exact) mass is 354 g/mol. The van der Waals surface area contributed by atoms with Crippen molar-refractivity contribution in [2.75, 3.05) is 4.90 Å². The topological polar surface area (TPSA) is 62.7 Å². The fourth-order valence-electron chi connectivity index (χ4n) is 2.49. The lowest BCUT2D eigenvalue weighted by atomic mass is 10.1. The summed E-state index contributed by atoms with van der Waals surface area (Å²) in [6, 6.07) is 7.52. The fraction of sp³-hybridized carbons (Fsp3) is 0.250. The summed E-state index contributed by atoms with van der Waals surface area (Å²) in [5.41, 5.74) is 0.664. The third-order valence-corrected chi connectivity index (χ3v) is 3.82. The predicted molar refractivity (Wildman–Crippen MR) is 83.1 cm³/mol. The molecular weight excluding hydrogens is 342 g/mol. The Morgan fingerprint density at radius 2 is 2.17 bits per heavy atom. The summed E-state index contributed by atoms with van der Waals surface area (Å²) in [6.45, 7) is 1.23. The van der Waals surface area contributed by atoms with E-state index in [0.717, 1.165) is 4.90 Å². The number of carbonyl (C=O) groups excluding carboxylic acids is 1. The van der Waals surface area contributed by atoms with Gasteiger partial charge in [-0.05, 0) is 25.1 Å². The molecule has 1 aliphatic heterocycles. The predicted octanol–water partition coefficient (Wildman–Crippen LogP) is 3.31. The van der Waals surface area contributed by atoms with Gasteiger partial charge in [-0.25, -0.2) is 0 Å². The quantitative estimate of drug-likeness (QED) is 0.918. The molecule has 2 aromatic rings. The number of hydrogen-bond donors (Lipinski definition) is 1. The Labute approximate surface area is 141 Å². The second kappa shape index (κ2) is 5.99. The molecule has 0 radical (unpaired) electrons. The molecule has 1 aromatic carbocycles. The van der Waals surface area contributed by atoms with Gasteiger partial charge >= 0.3 is 12.0 Å². The Balaban J connectivity index is 2.09. The van der Waals surface area contributed by atoms with Crippen molar-refractivity contribution in [2.45, 2.75) is 25.7 Å². The average Bonchev–Trinajstić information content (AvgIpc) is 2.51. The van der Waals surface area contributed by atoms with E-state index in [4.69, 9.17) is 11.6 Å². The number of pyridine rings is 1. The summed E-state index contributed by atoms with van der Waals surface area (Å²) >= 11 is 5.87. The zero-order valence-electron chi connectivity index (χ0n) is 12.5. The smallest absolute Gasteiger partial charge is 0.423 e. The highest BCUT2D eigenvalue weighted by Crippen LogP contribution is 2.44. The molecule has 1 aromatic heterocycles. The number of aliphatic hydroxyl groups is 1. The molecule has 1 amide bonds. The number of nitrogens with zero attached hydrogens (tertiary/aromatic N) is 2. The number of rotatable bonds is 3. The molecule has 3 rings (SSSR count). The third-order valence-electron chi connectivity index (χ3n) is 3.59. The van der Waals surface area contributed by atoms with Crippen LogP contribution in [-0.4, -0.2) is 22.1 Å². The SMILES string of the molecule is CC(O)c1cccc2c1OC(F)(F)C(=O)N2Cc1cc(Cl)ccn1. The number of halogens is 3. The molecule has 1 atom stereocenters. The molecule has 24 heavy (non-hydrogen) atoms. The first kappa shape index (κ1) is 16.6. The van der Waals surface area contributed by atoms with E-state index in [1.807, 2.05) is 0 Å². The van der Waals surface area contributed by atoms with Gasteiger partial charge in [-0.15, -0.1) is 0 Å². The molecule has 1 N–H and O–H groups in total. The van der Waals surface area contributed by atoms with E-state index in [2.05, 4.69) is 9.72 Å². The van der Waals surface area contributed by atoms with Crippen LogP contribution >= 0.6 is 11.6 Å². The van der Waals surface area contributed by atoms with E-state index >= 15 is 0 Å². The van der Waals surface area contributed by atoms with Gasteiger partial charge in [0.05, 0.1) is 24.0 Å². The van der Waals surface area contributed by atoms with Crippen molar-refractivity contribution in [3.63, 3.8) is 0 Å². The number of amides is 1. The number of aliphatic hydroxyl groups excluding tert-OH is 1. The van der Waals surface area contributed by atoms with Crippen molar-refractivity contribution in [3.05, 3.63) is 52.8 Å². The molecule has 0 saturated heterocycles. The zero-order chi connectivity index (χ0) is 17.5. The van der Waals surface area contributed by atoms with Gasteiger partial charge in [0.1, 0.15) is 0 Å². The van der Waals surface area contributed by atoms with Crippen LogP contribution in [0.4, 0.5) is 14.5 Å². The molecule has 0 bridgehead atoms. The van der Waals surface area contributed by atoms with E-state index in [1.165, 1.54) is 31.3 Å². The minimum Gasteiger partial charge on any atom is -0.423 e. The van der Waals surface area contributed by atoms with Crippen molar-refractivity contribution in [3.8, 4) is 5.75 Å². The van der Waals surface area contributed by atoms with Crippen molar-refractivity contribution in [1.82, 2.24) is 4.98 Å². The molecule has 2 heterocycles. The summed E-state index contributed by atoms with van der Waals surface area (Å²) in [5, 5.41) is 10.2. The minimum absolute atomic E-state index is 0.145. The van der Waals surface area contributed by atoms with E-state index in [-0.39, 0.29) is 23.5 Å². The number of para-hydroxylation sites is 1. The van der Waals surface area contributed by atoms with Crippen LogP contribution in [0, 0.1) is 0 Å². The molecular formula is C16H13ClF2N2O3. The first-order chi connectivity index (χ1) is 11.3. The second-order valence-corrected chi connectivity index (χ2v) is 5.78. The fourth-order valence-corrected chi connectivity index (χ4v) is 2.67. The van der Waals surface area contributed by atoms with Crippen LogP contribution in [0.1, 0.15) is 24.3 Å². The van der Waals surface area contributed by atoms with Gasteiger partial charge in [0, 0.05) is 16.8 Å². The molecule has 126 valence electrons. The normalized spacial score (nSPS) is 17.2. The van der Waals surface area contributed by atoms with Crippen LogP contribution in [0.15, 0.2) is 36.5 Å². The zero-order valence-corrected chi connectivity index (χ0v) is 13.3. The number of fused-ring (bicyclic) bond motifs is 1. The van der Waals surface area contributed by atoms with E-state index in [0.29, 0.717) is 10.7 Å². The van der Waals surface area contributed by atoms with E-state index in [9.17, 15) is 18.7 Å². The van der Waals surface area contributed by atoms with Crippen LogP contribution in [0.3, 0.4) is 0 Å². The number of benzene rings is 1. The third kappa shape index (κ3) is 2.92. The van der Waals surface area contributed by atoms with Crippen LogP contribution in [-0.2, 0) is 11.3 Å². The van der Waals surface area contributed by atoms with E-state index in [1.54, 1.807) is 12.1 Å². The lowest BCUT2D eigenvalue weighted by Crippen LogP contribution is -2.50. The Hall–Kier alpha value is -2.25. The Morgan fingerprint density at radius 1 is 1.42 bits per heavy atom. The summed E-state index contributed by atoms with van der Waals surface area (Å²) in [5.74, 6) is -1.72. The summed E-state index contributed by atoms with van der Waals surface area (Å²) in [6.07, 6.45) is -3.64. The van der Waals surface area contributed by atoms with Crippen molar-refractivity contribution >= 4 is 23.2 Å². The van der Waals surface area contributed by atoms with Gasteiger partial charge < -0.3 is 9.84 Å².